The highest BCUT2D eigenvalue weighted by atomic mass is 32.1. The minimum atomic E-state index is -0.762. The van der Waals surface area contributed by atoms with Crippen LogP contribution < -0.4 is 5.32 Å². The number of rotatable bonds is 10. The van der Waals surface area contributed by atoms with Crippen molar-refractivity contribution in [3.8, 4) is 11.1 Å². The molecule has 232 valence electrons. The van der Waals surface area contributed by atoms with E-state index in [9.17, 15) is 19.5 Å². The highest BCUT2D eigenvalue weighted by Crippen LogP contribution is 2.44. The fraction of sp³-hybridized carbons (Fsp3) is 0.531. The first-order chi connectivity index (χ1) is 19.3. The summed E-state index contributed by atoms with van der Waals surface area (Å²) in [6.45, 7) is 10.8. The third-order valence-corrected chi connectivity index (χ3v) is 6.61. The molecule has 0 saturated carbocycles. The highest BCUT2D eigenvalue weighted by molar-refractivity contribution is 7.59. The van der Waals surface area contributed by atoms with Crippen LogP contribution in [0.3, 0.4) is 0 Å². The summed E-state index contributed by atoms with van der Waals surface area (Å²) < 4.78 is 16.3. The average molecular weight is 603 g/mol. The van der Waals surface area contributed by atoms with Gasteiger partial charge in [0.1, 0.15) is 17.8 Å². The molecule has 1 aliphatic carbocycles. The molecule has 0 unspecified atom stereocenters. The Bertz CT molecular complexity index is 1130. The van der Waals surface area contributed by atoms with Crippen LogP contribution in [-0.4, -0.2) is 65.8 Å². The number of unbranched alkanes of at least 4 members (excludes halogenated alkanes) is 1. The molecule has 2 aromatic carbocycles. The van der Waals surface area contributed by atoms with Gasteiger partial charge >= 0.3 is 18.3 Å². The summed E-state index contributed by atoms with van der Waals surface area (Å²) in [7, 11) is 0. The molecular weight excluding hydrogens is 556 g/mol. The first-order valence-corrected chi connectivity index (χ1v) is 14.2. The topological polar surface area (TPSA) is 114 Å². The molecular formula is C32H46N2O7S. The number of benzene rings is 2. The zero-order chi connectivity index (χ0) is 30.2. The molecule has 0 aliphatic heterocycles. The van der Waals surface area contributed by atoms with Gasteiger partial charge in [-0.25, -0.2) is 19.3 Å². The lowest BCUT2D eigenvalue weighted by Gasteiger charge is -2.28. The summed E-state index contributed by atoms with van der Waals surface area (Å²) in [5.74, 6) is -0.230. The maximum atomic E-state index is 12.6. The van der Waals surface area contributed by atoms with Crippen LogP contribution in [0.25, 0.3) is 11.1 Å². The van der Waals surface area contributed by atoms with Crippen LogP contribution in [0.15, 0.2) is 48.5 Å². The smallest absolute Gasteiger partial charge is 0.419 e. The van der Waals surface area contributed by atoms with Gasteiger partial charge in [-0.3, -0.25) is 0 Å². The number of nitrogens with one attached hydrogen (secondary N) is 1. The third-order valence-electron chi connectivity index (χ3n) is 6.61. The van der Waals surface area contributed by atoms with Gasteiger partial charge in [0.2, 0.25) is 0 Å². The maximum Gasteiger partial charge on any atom is 0.419 e. The molecule has 0 fully saturated rings. The number of carbonyl (C=O) groups is 3. The van der Waals surface area contributed by atoms with Crippen LogP contribution in [0.1, 0.15) is 77.8 Å². The van der Waals surface area contributed by atoms with Gasteiger partial charge < -0.3 is 24.6 Å². The standard InChI is InChI=1S/C32H44N2O7.H2S/c1-31(2,3)40-29(37)34(30(38)41-32(4,5)6)18-12-11-13-22(20-35)19-33-28(36)39-21-27-25-16-9-7-14-23(25)24-15-8-10-17-26(24)27;/h7-10,14-17,22,27,35H,11-13,18-21H2,1-6H3,(H,33,36);1H2/t22-;/m0./s1. The van der Waals surface area contributed by atoms with Gasteiger partial charge in [0.15, 0.2) is 0 Å². The summed E-state index contributed by atoms with van der Waals surface area (Å²) in [4.78, 5) is 38.8. The zero-order valence-corrected chi connectivity index (χ0v) is 26.6. The van der Waals surface area contributed by atoms with Crippen LogP contribution in [0.4, 0.5) is 14.4 Å². The van der Waals surface area contributed by atoms with Crippen LogP contribution >= 0.6 is 13.5 Å². The predicted molar refractivity (Wildman–Crippen MR) is 167 cm³/mol. The Morgan fingerprint density at radius 3 is 1.83 bits per heavy atom. The van der Waals surface area contributed by atoms with Gasteiger partial charge in [0.25, 0.3) is 0 Å². The van der Waals surface area contributed by atoms with E-state index in [0.29, 0.717) is 19.3 Å². The molecule has 0 bridgehead atoms. The molecule has 0 saturated heterocycles. The van der Waals surface area contributed by atoms with Gasteiger partial charge in [0.05, 0.1) is 0 Å². The normalized spacial score (nSPS) is 13.2. The van der Waals surface area contributed by atoms with Gasteiger partial charge in [-0.15, -0.1) is 0 Å². The van der Waals surface area contributed by atoms with E-state index in [2.05, 4.69) is 29.6 Å². The number of hydrogen-bond donors (Lipinski definition) is 2. The summed E-state index contributed by atoms with van der Waals surface area (Å²) in [6, 6.07) is 16.3. The summed E-state index contributed by atoms with van der Waals surface area (Å²) >= 11 is 0. The van der Waals surface area contributed by atoms with Crippen molar-refractivity contribution in [1.29, 1.82) is 0 Å². The number of imide groups is 1. The van der Waals surface area contributed by atoms with E-state index in [1.54, 1.807) is 41.5 Å². The van der Waals surface area contributed by atoms with Crippen molar-refractivity contribution < 1.29 is 33.7 Å². The highest BCUT2D eigenvalue weighted by Gasteiger charge is 2.31. The molecule has 2 aromatic rings. The van der Waals surface area contributed by atoms with Gasteiger partial charge in [-0.1, -0.05) is 55.0 Å². The largest absolute Gasteiger partial charge is 0.449 e. The van der Waals surface area contributed by atoms with Crippen molar-refractivity contribution >= 4 is 31.8 Å². The Morgan fingerprint density at radius 1 is 0.857 bits per heavy atom. The number of hydrogen-bond acceptors (Lipinski definition) is 7. The van der Waals surface area contributed by atoms with Crippen molar-refractivity contribution in [1.82, 2.24) is 10.2 Å². The fourth-order valence-electron chi connectivity index (χ4n) is 4.73. The van der Waals surface area contributed by atoms with Crippen molar-refractivity contribution in [3.63, 3.8) is 0 Å². The monoisotopic (exact) mass is 602 g/mol. The minimum absolute atomic E-state index is 0. The van der Waals surface area contributed by atoms with E-state index >= 15 is 0 Å². The molecule has 2 N–H and O–H groups in total. The summed E-state index contributed by atoms with van der Waals surface area (Å²) in [5.41, 5.74) is 3.08. The lowest BCUT2D eigenvalue weighted by molar-refractivity contribution is 0.00107. The lowest BCUT2D eigenvalue weighted by Crippen LogP contribution is -2.44. The number of aliphatic hydroxyl groups excluding tert-OH is 1. The van der Waals surface area contributed by atoms with E-state index in [4.69, 9.17) is 14.2 Å². The Kier molecular flexibility index (Phi) is 12.7. The zero-order valence-electron chi connectivity index (χ0n) is 25.6. The second-order valence-corrected chi connectivity index (χ2v) is 12.4. The molecule has 10 heteroatoms. The Labute approximate surface area is 256 Å². The molecule has 1 atom stereocenters. The van der Waals surface area contributed by atoms with Crippen molar-refractivity contribution in [3.05, 3.63) is 59.7 Å². The van der Waals surface area contributed by atoms with Crippen LogP contribution in [0.2, 0.25) is 0 Å². The lowest BCUT2D eigenvalue weighted by atomic mass is 9.98. The summed E-state index contributed by atoms with van der Waals surface area (Å²) in [5, 5.41) is 12.6. The first-order valence-electron chi connectivity index (χ1n) is 14.2. The number of amides is 3. The molecule has 0 radical (unpaired) electrons. The van der Waals surface area contributed by atoms with E-state index in [1.807, 2.05) is 24.3 Å². The van der Waals surface area contributed by atoms with Crippen molar-refractivity contribution in [2.24, 2.45) is 5.92 Å². The molecule has 1 aliphatic rings. The number of aliphatic hydroxyl groups is 1. The van der Waals surface area contributed by atoms with Crippen molar-refractivity contribution in [2.45, 2.75) is 77.9 Å². The van der Waals surface area contributed by atoms with Crippen LogP contribution in [0, 0.1) is 5.92 Å². The fourth-order valence-corrected chi connectivity index (χ4v) is 4.73. The van der Waals surface area contributed by atoms with Crippen molar-refractivity contribution in [2.75, 3.05) is 26.3 Å². The number of alkyl carbamates (subject to hydrolysis) is 1. The van der Waals surface area contributed by atoms with Gasteiger partial charge in [-0.05, 0) is 82.6 Å². The number of nitrogens with zero attached hydrogens (tertiary/aromatic N) is 1. The SMILES string of the molecule is CC(C)(C)OC(=O)N(CCCC[C@H](CO)CNC(=O)OCC1c2ccccc2-c2ccccc21)C(=O)OC(C)(C)C.S. The van der Waals surface area contributed by atoms with E-state index in [-0.39, 0.29) is 51.6 Å². The first kappa shape index (κ1) is 35.0. The Morgan fingerprint density at radius 2 is 1.36 bits per heavy atom. The third kappa shape index (κ3) is 10.2. The molecule has 9 nitrogen and oxygen atoms in total. The van der Waals surface area contributed by atoms with Crippen LogP contribution in [0.5, 0.6) is 0 Å². The molecule has 42 heavy (non-hydrogen) atoms. The molecule has 3 rings (SSSR count). The molecule has 0 heterocycles. The number of carbonyl (C=O) groups excluding carboxylic acids is 3. The molecule has 0 aromatic heterocycles. The Hall–Kier alpha value is -3.24. The molecule has 0 spiro atoms. The maximum absolute atomic E-state index is 12.6. The van der Waals surface area contributed by atoms with E-state index < -0.39 is 29.5 Å². The molecule has 3 amide bonds. The van der Waals surface area contributed by atoms with Crippen LogP contribution in [-0.2, 0) is 14.2 Å². The summed E-state index contributed by atoms with van der Waals surface area (Å²) in [6.07, 6.45) is -0.382. The van der Waals surface area contributed by atoms with Gasteiger partial charge in [0, 0.05) is 25.6 Å². The second-order valence-electron chi connectivity index (χ2n) is 12.4. The number of ether oxygens (including phenoxy) is 3. The van der Waals surface area contributed by atoms with E-state index in [0.717, 1.165) is 27.2 Å². The van der Waals surface area contributed by atoms with E-state index in [1.165, 1.54) is 0 Å². The number of fused-ring (bicyclic) bond motifs is 3. The quantitative estimate of drug-likeness (QED) is 0.233. The predicted octanol–water partition coefficient (Wildman–Crippen LogP) is 6.59. The average Bonchev–Trinajstić information content (AvgIpc) is 3.20. The Balaban J connectivity index is 0.00000616. The van der Waals surface area contributed by atoms with Gasteiger partial charge in [-0.2, -0.15) is 13.5 Å². The second kappa shape index (κ2) is 15.3. The minimum Gasteiger partial charge on any atom is -0.449 e.